The maximum atomic E-state index is 11.8. The van der Waals surface area contributed by atoms with Crippen LogP contribution in [0.25, 0.3) is 0 Å². The Morgan fingerprint density at radius 2 is 1.92 bits per heavy atom. The molecule has 1 heterocycles. The number of hydrogen-bond donors (Lipinski definition) is 0. The summed E-state index contributed by atoms with van der Waals surface area (Å²) in [6, 6.07) is 0. The highest BCUT2D eigenvalue weighted by Gasteiger charge is 2.35. The van der Waals surface area contributed by atoms with Gasteiger partial charge in [0.1, 0.15) is 0 Å². The van der Waals surface area contributed by atoms with Crippen LogP contribution in [0.4, 0.5) is 0 Å². The number of likely N-dealkylation sites (tertiary alicyclic amines) is 1. The van der Waals surface area contributed by atoms with E-state index in [-0.39, 0.29) is 0 Å². The predicted octanol–water partition coefficient (Wildman–Crippen LogP) is 1.65. The van der Waals surface area contributed by atoms with E-state index in [2.05, 4.69) is 6.92 Å². The zero-order chi connectivity index (χ0) is 8.55. The minimum absolute atomic E-state index is 0.308. The van der Waals surface area contributed by atoms with Crippen molar-refractivity contribution in [2.45, 2.75) is 32.6 Å². The summed E-state index contributed by atoms with van der Waals surface area (Å²) in [5, 5.41) is 0. The van der Waals surface area contributed by atoms with E-state index in [1.807, 2.05) is 4.90 Å². The number of carbonyl (C=O) groups is 1. The van der Waals surface area contributed by atoms with Crippen LogP contribution in [0.1, 0.15) is 32.6 Å². The molecule has 0 unspecified atom stereocenters. The number of rotatable bonds is 2. The molecule has 1 amide bonds. The van der Waals surface area contributed by atoms with Crippen LogP contribution in [0.5, 0.6) is 0 Å². The first kappa shape index (κ1) is 8.09. The number of carbonyl (C=O) groups excluding carboxylic acids is 1. The third kappa shape index (κ3) is 1.47. The molecule has 0 spiro atoms. The average molecular weight is 167 g/mol. The van der Waals surface area contributed by atoms with Gasteiger partial charge in [0.25, 0.3) is 0 Å². The van der Waals surface area contributed by atoms with Gasteiger partial charge in [0.2, 0.25) is 5.91 Å². The molecule has 0 bridgehead atoms. The highest BCUT2D eigenvalue weighted by Crippen LogP contribution is 2.37. The summed E-state index contributed by atoms with van der Waals surface area (Å²) in [6.45, 7) is 4.12. The van der Waals surface area contributed by atoms with Gasteiger partial charge in [-0.05, 0) is 31.6 Å². The zero-order valence-corrected chi connectivity index (χ0v) is 7.75. The highest BCUT2D eigenvalue weighted by atomic mass is 16.2. The molecule has 2 heteroatoms. The normalized spacial score (nSPS) is 25.9. The fourth-order valence-electron chi connectivity index (χ4n) is 2.02. The van der Waals surface area contributed by atoms with Crippen molar-refractivity contribution in [1.82, 2.24) is 4.90 Å². The van der Waals surface area contributed by atoms with Gasteiger partial charge in [-0.25, -0.2) is 0 Å². The molecular formula is C10H17NO. The lowest BCUT2D eigenvalue weighted by Gasteiger charge is -2.19. The second-order valence-electron chi connectivity index (χ2n) is 4.16. The van der Waals surface area contributed by atoms with Crippen molar-refractivity contribution in [3.05, 3.63) is 0 Å². The largest absolute Gasteiger partial charge is 0.342 e. The van der Waals surface area contributed by atoms with Crippen LogP contribution in [0.15, 0.2) is 0 Å². The van der Waals surface area contributed by atoms with Gasteiger partial charge < -0.3 is 4.90 Å². The van der Waals surface area contributed by atoms with Crippen LogP contribution in [0.3, 0.4) is 0 Å². The molecule has 1 saturated heterocycles. The van der Waals surface area contributed by atoms with Crippen LogP contribution >= 0.6 is 0 Å². The Bertz CT molecular complexity index is 176. The minimum Gasteiger partial charge on any atom is -0.342 e. The maximum absolute atomic E-state index is 11.8. The number of hydrogen-bond acceptors (Lipinski definition) is 1. The Morgan fingerprint density at radius 3 is 2.42 bits per heavy atom. The molecule has 1 aliphatic carbocycles. The Hall–Kier alpha value is -0.530. The second-order valence-corrected chi connectivity index (χ2v) is 4.16. The summed E-state index contributed by atoms with van der Waals surface area (Å²) in [5.41, 5.74) is 0. The van der Waals surface area contributed by atoms with E-state index in [0.717, 1.165) is 19.0 Å². The first-order valence-corrected chi connectivity index (χ1v) is 5.08. The molecule has 2 rings (SSSR count). The Balaban J connectivity index is 1.88. The molecule has 2 nitrogen and oxygen atoms in total. The first-order chi connectivity index (χ1) is 5.79. The van der Waals surface area contributed by atoms with Crippen molar-refractivity contribution in [2.24, 2.45) is 11.8 Å². The van der Waals surface area contributed by atoms with Crippen LogP contribution in [-0.2, 0) is 4.79 Å². The summed E-state index contributed by atoms with van der Waals surface area (Å²) < 4.78 is 0. The van der Waals surface area contributed by atoms with E-state index >= 15 is 0 Å². The van der Waals surface area contributed by atoms with Crippen molar-refractivity contribution in [3.63, 3.8) is 0 Å². The molecule has 0 aromatic carbocycles. The summed E-state index contributed by atoms with van der Waals surface area (Å²) in [5.74, 6) is 1.44. The average Bonchev–Trinajstić information content (AvgIpc) is 2.79. The Morgan fingerprint density at radius 1 is 1.33 bits per heavy atom. The zero-order valence-electron chi connectivity index (χ0n) is 7.75. The molecule has 0 radical (unpaired) electrons. The molecule has 1 saturated carbocycles. The maximum Gasteiger partial charge on any atom is 0.225 e. The first-order valence-electron chi connectivity index (χ1n) is 5.08. The van der Waals surface area contributed by atoms with E-state index in [4.69, 9.17) is 0 Å². The third-order valence-corrected chi connectivity index (χ3v) is 3.14. The lowest BCUT2D eigenvalue weighted by Crippen LogP contribution is -2.33. The van der Waals surface area contributed by atoms with Crippen LogP contribution in [-0.4, -0.2) is 23.9 Å². The topological polar surface area (TPSA) is 20.3 Å². The molecule has 0 N–H and O–H groups in total. The summed E-state index contributed by atoms with van der Waals surface area (Å²) >= 11 is 0. The monoisotopic (exact) mass is 167 g/mol. The molecule has 68 valence electrons. The molecule has 0 aromatic heterocycles. The quantitative estimate of drug-likeness (QED) is 0.612. The summed E-state index contributed by atoms with van der Waals surface area (Å²) in [6.07, 6.45) is 4.98. The van der Waals surface area contributed by atoms with Gasteiger partial charge >= 0.3 is 0 Å². The smallest absolute Gasteiger partial charge is 0.225 e. The standard InChI is InChI=1S/C10H17NO/c1-8(9-4-5-9)10(12)11-6-2-3-7-11/h8-9H,2-7H2,1H3/t8-/m1/s1. The van der Waals surface area contributed by atoms with E-state index in [9.17, 15) is 4.79 Å². The Kier molecular flexibility index (Phi) is 2.07. The van der Waals surface area contributed by atoms with Crippen LogP contribution in [0, 0.1) is 11.8 Å². The van der Waals surface area contributed by atoms with Crippen molar-refractivity contribution in [2.75, 3.05) is 13.1 Å². The molecule has 1 atom stereocenters. The van der Waals surface area contributed by atoms with E-state index < -0.39 is 0 Å². The van der Waals surface area contributed by atoms with Crippen molar-refractivity contribution < 1.29 is 4.79 Å². The number of nitrogens with zero attached hydrogens (tertiary/aromatic N) is 1. The molecule has 2 aliphatic rings. The van der Waals surface area contributed by atoms with Gasteiger partial charge in [-0.2, -0.15) is 0 Å². The third-order valence-electron chi connectivity index (χ3n) is 3.14. The van der Waals surface area contributed by atoms with Gasteiger partial charge in [0.15, 0.2) is 0 Å². The van der Waals surface area contributed by atoms with E-state index in [1.54, 1.807) is 0 Å². The molecule has 1 aliphatic heterocycles. The fraction of sp³-hybridized carbons (Fsp3) is 0.900. The van der Waals surface area contributed by atoms with Gasteiger partial charge in [0, 0.05) is 19.0 Å². The Labute approximate surface area is 73.9 Å². The molecule has 2 fully saturated rings. The fourth-order valence-corrected chi connectivity index (χ4v) is 2.02. The predicted molar refractivity (Wildman–Crippen MR) is 47.7 cm³/mol. The van der Waals surface area contributed by atoms with Gasteiger partial charge in [-0.3, -0.25) is 4.79 Å². The van der Waals surface area contributed by atoms with E-state index in [1.165, 1.54) is 25.7 Å². The molecule has 12 heavy (non-hydrogen) atoms. The van der Waals surface area contributed by atoms with Gasteiger partial charge in [0.05, 0.1) is 0 Å². The highest BCUT2D eigenvalue weighted by molar-refractivity contribution is 5.79. The summed E-state index contributed by atoms with van der Waals surface area (Å²) in [7, 11) is 0. The molecular weight excluding hydrogens is 150 g/mol. The van der Waals surface area contributed by atoms with Gasteiger partial charge in [-0.1, -0.05) is 6.92 Å². The SMILES string of the molecule is C[C@@H](C(=O)N1CCCC1)C1CC1. The van der Waals surface area contributed by atoms with Crippen LogP contribution < -0.4 is 0 Å². The summed E-state index contributed by atoms with van der Waals surface area (Å²) in [4.78, 5) is 13.8. The van der Waals surface area contributed by atoms with Crippen molar-refractivity contribution >= 4 is 5.91 Å². The lowest BCUT2D eigenvalue weighted by atomic mass is 10.1. The van der Waals surface area contributed by atoms with Gasteiger partial charge in [-0.15, -0.1) is 0 Å². The van der Waals surface area contributed by atoms with Crippen molar-refractivity contribution in [1.29, 1.82) is 0 Å². The van der Waals surface area contributed by atoms with E-state index in [0.29, 0.717) is 11.8 Å². The van der Waals surface area contributed by atoms with Crippen LogP contribution in [0.2, 0.25) is 0 Å². The minimum atomic E-state index is 0.308. The molecule has 0 aromatic rings. The second kappa shape index (κ2) is 3.08. The lowest BCUT2D eigenvalue weighted by molar-refractivity contribution is -0.134. The number of amides is 1. The van der Waals surface area contributed by atoms with Crippen molar-refractivity contribution in [3.8, 4) is 0 Å².